The smallest absolute Gasteiger partial charge is 0.254 e. The number of carbonyl (C=O) groups excluding carboxylic acids is 1. The third-order valence-electron chi connectivity index (χ3n) is 5.13. The molecule has 1 amide bonds. The minimum absolute atomic E-state index is 0.0736. The Morgan fingerprint density at radius 3 is 2.43 bits per heavy atom. The van der Waals surface area contributed by atoms with Crippen molar-refractivity contribution < 1.29 is 13.9 Å². The number of amides is 1. The maximum Gasteiger partial charge on any atom is 0.254 e. The molecule has 0 spiro atoms. The predicted molar refractivity (Wildman–Crippen MR) is 108 cm³/mol. The number of anilines is 1. The van der Waals surface area contributed by atoms with E-state index in [1.807, 2.05) is 36.1 Å². The third kappa shape index (κ3) is 3.50. The summed E-state index contributed by atoms with van der Waals surface area (Å²) in [7, 11) is 1.65. The first-order valence-electron chi connectivity index (χ1n) is 9.30. The lowest BCUT2D eigenvalue weighted by molar-refractivity contribution is 0.0748. The van der Waals surface area contributed by atoms with Gasteiger partial charge in [-0.1, -0.05) is 0 Å². The predicted octanol–water partition coefficient (Wildman–Crippen LogP) is 3.65. The van der Waals surface area contributed by atoms with Crippen molar-refractivity contribution in [3.8, 4) is 5.75 Å². The van der Waals surface area contributed by atoms with Gasteiger partial charge in [0.15, 0.2) is 0 Å². The highest BCUT2D eigenvalue weighted by atomic mass is 19.1. The molecule has 2 heterocycles. The zero-order valence-electron chi connectivity index (χ0n) is 16.0. The summed E-state index contributed by atoms with van der Waals surface area (Å²) in [5, 5.41) is 0.563. The monoisotopic (exact) mass is 379 g/mol. The Kier molecular flexibility index (Phi) is 4.86. The van der Waals surface area contributed by atoms with Crippen molar-refractivity contribution in [2.75, 3.05) is 38.2 Å². The Morgan fingerprint density at radius 2 is 1.75 bits per heavy atom. The quantitative estimate of drug-likeness (QED) is 0.697. The number of halogens is 1. The van der Waals surface area contributed by atoms with Crippen LogP contribution in [0.5, 0.6) is 5.75 Å². The highest BCUT2D eigenvalue weighted by Gasteiger charge is 2.24. The first kappa shape index (κ1) is 18.2. The fourth-order valence-corrected chi connectivity index (χ4v) is 3.64. The molecule has 28 heavy (non-hydrogen) atoms. The van der Waals surface area contributed by atoms with Crippen molar-refractivity contribution in [2.24, 2.45) is 0 Å². The standard InChI is InChI=1S/C22H22FN3O2/c1-15-13-20(19-14-16(23)3-8-21(19)24-15)22(27)26-11-9-25(10-12-26)17-4-6-18(28-2)7-5-17/h3-8,13-14H,9-12H2,1-2H3. The average molecular weight is 379 g/mol. The van der Waals surface area contributed by atoms with E-state index in [0.29, 0.717) is 29.6 Å². The number of pyridine rings is 1. The van der Waals surface area contributed by atoms with E-state index in [-0.39, 0.29) is 11.7 Å². The SMILES string of the molecule is COc1ccc(N2CCN(C(=O)c3cc(C)nc4ccc(F)cc34)CC2)cc1. The van der Waals surface area contributed by atoms with Gasteiger partial charge in [-0.15, -0.1) is 0 Å². The normalized spacial score (nSPS) is 14.4. The Balaban J connectivity index is 1.52. The summed E-state index contributed by atoms with van der Waals surface area (Å²) < 4.78 is 19.0. The number of piperazine rings is 1. The maximum atomic E-state index is 13.7. The van der Waals surface area contributed by atoms with E-state index in [0.717, 1.165) is 30.2 Å². The molecule has 1 aromatic heterocycles. The molecule has 0 saturated carbocycles. The molecule has 1 fully saturated rings. The van der Waals surface area contributed by atoms with Crippen LogP contribution in [0.25, 0.3) is 10.9 Å². The topological polar surface area (TPSA) is 45.7 Å². The van der Waals surface area contributed by atoms with Gasteiger partial charge in [-0.2, -0.15) is 0 Å². The van der Waals surface area contributed by atoms with Crippen LogP contribution in [-0.2, 0) is 0 Å². The van der Waals surface area contributed by atoms with Crippen LogP contribution in [0.2, 0.25) is 0 Å². The fraction of sp³-hybridized carbons (Fsp3) is 0.273. The Morgan fingerprint density at radius 1 is 1.04 bits per heavy atom. The molecule has 0 radical (unpaired) electrons. The lowest BCUT2D eigenvalue weighted by Crippen LogP contribution is -2.48. The van der Waals surface area contributed by atoms with Gasteiger partial charge in [-0.25, -0.2) is 4.39 Å². The number of rotatable bonds is 3. The van der Waals surface area contributed by atoms with Crippen LogP contribution < -0.4 is 9.64 Å². The van der Waals surface area contributed by atoms with E-state index in [1.54, 1.807) is 19.2 Å². The minimum Gasteiger partial charge on any atom is -0.497 e. The van der Waals surface area contributed by atoms with E-state index >= 15 is 0 Å². The number of hydrogen-bond donors (Lipinski definition) is 0. The molecular weight excluding hydrogens is 357 g/mol. The van der Waals surface area contributed by atoms with E-state index in [1.165, 1.54) is 12.1 Å². The summed E-state index contributed by atoms with van der Waals surface area (Å²) in [4.78, 5) is 21.6. The summed E-state index contributed by atoms with van der Waals surface area (Å²) >= 11 is 0. The molecule has 0 atom stereocenters. The number of hydrogen-bond acceptors (Lipinski definition) is 4. The summed E-state index contributed by atoms with van der Waals surface area (Å²) in [6.07, 6.45) is 0. The molecule has 144 valence electrons. The van der Waals surface area contributed by atoms with Crippen molar-refractivity contribution in [3.05, 3.63) is 65.6 Å². The van der Waals surface area contributed by atoms with Crippen LogP contribution in [0.3, 0.4) is 0 Å². The molecule has 5 nitrogen and oxygen atoms in total. The van der Waals surface area contributed by atoms with E-state index < -0.39 is 0 Å². The van der Waals surface area contributed by atoms with Gasteiger partial charge in [-0.3, -0.25) is 9.78 Å². The number of aryl methyl sites for hydroxylation is 1. The van der Waals surface area contributed by atoms with Gasteiger partial charge in [0.25, 0.3) is 5.91 Å². The number of aromatic nitrogens is 1. The van der Waals surface area contributed by atoms with Crippen LogP contribution in [0.15, 0.2) is 48.5 Å². The molecular formula is C22H22FN3O2. The van der Waals surface area contributed by atoms with Crippen molar-refractivity contribution in [1.82, 2.24) is 9.88 Å². The lowest BCUT2D eigenvalue weighted by Gasteiger charge is -2.36. The van der Waals surface area contributed by atoms with Gasteiger partial charge in [-0.05, 0) is 55.5 Å². The number of ether oxygens (including phenoxy) is 1. The molecule has 0 unspecified atom stereocenters. The Bertz CT molecular complexity index is 1010. The molecule has 0 N–H and O–H groups in total. The fourth-order valence-electron chi connectivity index (χ4n) is 3.64. The molecule has 0 bridgehead atoms. The molecule has 0 aliphatic carbocycles. The average Bonchev–Trinajstić information content (AvgIpc) is 2.73. The van der Waals surface area contributed by atoms with Crippen LogP contribution in [0.1, 0.15) is 16.1 Å². The summed E-state index contributed by atoms with van der Waals surface area (Å²) in [5.74, 6) is 0.386. The zero-order chi connectivity index (χ0) is 19.7. The third-order valence-corrected chi connectivity index (χ3v) is 5.13. The zero-order valence-corrected chi connectivity index (χ0v) is 16.0. The second-order valence-electron chi connectivity index (χ2n) is 6.95. The van der Waals surface area contributed by atoms with E-state index in [2.05, 4.69) is 9.88 Å². The Labute approximate surface area is 163 Å². The maximum absolute atomic E-state index is 13.7. The number of fused-ring (bicyclic) bond motifs is 1. The van der Waals surface area contributed by atoms with Gasteiger partial charge in [0, 0.05) is 42.9 Å². The summed E-state index contributed by atoms with van der Waals surface area (Å²) in [6.45, 7) is 4.57. The summed E-state index contributed by atoms with van der Waals surface area (Å²) in [6, 6.07) is 14.1. The number of carbonyl (C=O) groups is 1. The second-order valence-corrected chi connectivity index (χ2v) is 6.95. The van der Waals surface area contributed by atoms with Crippen molar-refractivity contribution >= 4 is 22.5 Å². The first-order valence-corrected chi connectivity index (χ1v) is 9.30. The van der Waals surface area contributed by atoms with Gasteiger partial charge in [0.1, 0.15) is 11.6 Å². The minimum atomic E-state index is -0.364. The van der Waals surface area contributed by atoms with E-state index in [4.69, 9.17) is 4.74 Å². The number of methoxy groups -OCH3 is 1. The van der Waals surface area contributed by atoms with Crippen LogP contribution in [0, 0.1) is 12.7 Å². The highest BCUT2D eigenvalue weighted by molar-refractivity contribution is 6.06. The van der Waals surface area contributed by atoms with Crippen molar-refractivity contribution in [2.45, 2.75) is 6.92 Å². The van der Waals surface area contributed by atoms with Crippen molar-refractivity contribution in [3.63, 3.8) is 0 Å². The van der Waals surface area contributed by atoms with Gasteiger partial charge >= 0.3 is 0 Å². The molecule has 4 rings (SSSR count). The van der Waals surface area contributed by atoms with Crippen LogP contribution >= 0.6 is 0 Å². The van der Waals surface area contributed by atoms with Crippen molar-refractivity contribution in [1.29, 1.82) is 0 Å². The van der Waals surface area contributed by atoms with Gasteiger partial charge < -0.3 is 14.5 Å². The first-order chi connectivity index (χ1) is 13.5. The molecule has 1 saturated heterocycles. The second kappa shape index (κ2) is 7.46. The Hall–Kier alpha value is -3.15. The molecule has 2 aromatic carbocycles. The molecule has 1 aliphatic heterocycles. The number of nitrogens with zero attached hydrogens (tertiary/aromatic N) is 3. The largest absolute Gasteiger partial charge is 0.497 e. The summed E-state index contributed by atoms with van der Waals surface area (Å²) in [5.41, 5.74) is 3.01. The molecule has 1 aliphatic rings. The van der Waals surface area contributed by atoms with Gasteiger partial charge in [0.05, 0.1) is 18.2 Å². The molecule has 3 aromatic rings. The van der Waals surface area contributed by atoms with Crippen LogP contribution in [0.4, 0.5) is 10.1 Å². The molecule has 6 heteroatoms. The lowest BCUT2D eigenvalue weighted by atomic mass is 10.1. The van der Waals surface area contributed by atoms with Crippen LogP contribution in [-0.4, -0.2) is 49.1 Å². The number of benzene rings is 2. The van der Waals surface area contributed by atoms with E-state index in [9.17, 15) is 9.18 Å². The van der Waals surface area contributed by atoms with Gasteiger partial charge in [0.2, 0.25) is 0 Å². The highest BCUT2D eigenvalue weighted by Crippen LogP contribution is 2.24.